The summed E-state index contributed by atoms with van der Waals surface area (Å²) in [4.78, 5) is 12.0. The van der Waals surface area contributed by atoms with Gasteiger partial charge < -0.3 is 4.80 Å². The van der Waals surface area contributed by atoms with Gasteiger partial charge in [0.05, 0.1) is 0 Å². The maximum Gasteiger partial charge on any atom is 0.222 e. The van der Waals surface area contributed by atoms with Crippen LogP contribution in [0.4, 0.5) is 0 Å². The van der Waals surface area contributed by atoms with Gasteiger partial charge >= 0.3 is 0 Å². The first-order valence-electron chi connectivity index (χ1n) is 7.58. The molecule has 0 N–H and O–H groups in total. The van der Waals surface area contributed by atoms with E-state index < -0.39 is 9.04 Å². The van der Waals surface area contributed by atoms with Gasteiger partial charge in [-0.1, -0.05) is 60.7 Å². The van der Waals surface area contributed by atoms with Gasteiger partial charge in [0.2, 0.25) is 9.04 Å². The Kier molecular flexibility index (Phi) is 6.55. The number of rotatable bonds is 8. The molecule has 0 heterocycles. The van der Waals surface area contributed by atoms with E-state index in [1.807, 2.05) is 12.1 Å². The number of hydrogen-bond donors (Lipinski definition) is 0. The molecule has 0 aliphatic rings. The maximum atomic E-state index is 12.0. The minimum Gasteiger partial charge on any atom is -0.302 e. The molecule has 105 valence electrons. The molecule has 2 aromatic rings. The second kappa shape index (κ2) is 8.72. The third-order valence-electron chi connectivity index (χ3n) is 3.67. The summed E-state index contributed by atoms with van der Waals surface area (Å²) in [5, 5.41) is 0. The van der Waals surface area contributed by atoms with Gasteiger partial charge in [-0.2, -0.15) is 0 Å². The van der Waals surface area contributed by atoms with E-state index in [4.69, 9.17) is 0 Å². The van der Waals surface area contributed by atoms with Gasteiger partial charge in [0.25, 0.3) is 0 Å². The summed E-state index contributed by atoms with van der Waals surface area (Å²) in [7, 11) is -1.73. The van der Waals surface area contributed by atoms with Crippen LogP contribution in [0.2, 0.25) is 12.1 Å². The molecule has 0 aromatic heterocycles. The molecule has 2 heteroatoms. The lowest BCUT2D eigenvalue weighted by molar-refractivity contribution is 0.439. The summed E-state index contributed by atoms with van der Waals surface area (Å²) in [6.45, 7) is 0. The first-order chi connectivity index (χ1) is 9.84. The highest BCUT2D eigenvalue weighted by atomic mass is 28.3. The Balaban J connectivity index is 1.58. The fraction of sp³-hybridized carbons (Fsp3) is 0.333. The van der Waals surface area contributed by atoms with Gasteiger partial charge in [0, 0.05) is 0 Å². The van der Waals surface area contributed by atoms with E-state index in [2.05, 4.69) is 48.5 Å². The molecule has 0 aliphatic carbocycles. The highest BCUT2D eigenvalue weighted by Gasteiger charge is 2.09. The minimum atomic E-state index is -1.73. The molecular weight excluding hydrogens is 260 g/mol. The van der Waals surface area contributed by atoms with Crippen LogP contribution >= 0.6 is 0 Å². The van der Waals surface area contributed by atoms with Crippen LogP contribution in [-0.2, 0) is 17.6 Å². The Morgan fingerprint density at radius 2 is 1.05 bits per heavy atom. The van der Waals surface area contributed by atoms with Crippen LogP contribution in [-0.4, -0.2) is 9.04 Å². The van der Waals surface area contributed by atoms with E-state index in [-0.39, 0.29) is 0 Å². The molecule has 0 saturated heterocycles. The van der Waals surface area contributed by atoms with E-state index in [9.17, 15) is 4.80 Å². The molecular formula is C18H23OSi. The molecule has 0 unspecified atom stereocenters. The molecule has 20 heavy (non-hydrogen) atoms. The minimum absolute atomic E-state index is 0.934. The summed E-state index contributed by atoms with van der Waals surface area (Å²) in [5.41, 5.74) is 2.72. The molecule has 0 aliphatic heterocycles. The summed E-state index contributed by atoms with van der Waals surface area (Å²) >= 11 is 0. The molecule has 0 fully saturated rings. The monoisotopic (exact) mass is 283 g/mol. The second-order valence-electron chi connectivity index (χ2n) is 5.38. The van der Waals surface area contributed by atoms with Crippen molar-refractivity contribution in [2.45, 2.75) is 37.8 Å². The summed E-state index contributed by atoms with van der Waals surface area (Å²) in [6, 6.07) is 22.8. The van der Waals surface area contributed by atoms with Gasteiger partial charge in [-0.3, -0.25) is 0 Å². The molecule has 1 radical (unpaired) electrons. The normalized spacial score (nSPS) is 10.9. The van der Waals surface area contributed by atoms with Crippen molar-refractivity contribution in [3.8, 4) is 0 Å². The molecule has 1 nitrogen and oxygen atoms in total. The molecule has 0 amide bonds. The van der Waals surface area contributed by atoms with Crippen LogP contribution in [0.3, 0.4) is 0 Å². The van der Waals surface area contributed by atoms with Crippen molar-refractivity contribution in [3.05, 3.63) is 71.8 Å². The lowest BCUT2D eigenvalue weighted by atomic mass is 10.1. The third-order valence-corrected chi connectivity index (χ3v) is 5.77. The largest absolute Gasteiger partial charge is 0.302 e. The average molecular weight is 283 g/mol. The predicted molar refractivity (Wildman–Crippen MR) is 87.0 cm³/mol. The lowest BCUT2D eigenvalue weighted by Crippen LogP contribution is -2.10. The molecule has 0 saturated carbocycles. The molecule has 0 bridgehead atoms. The predicted octanol–water partition coefficient (Wildman–Crippen LogP) is 4.41. The van der Waals surface area contributed by atoms with E-state index in [1.165, 1.54) is 11.1 Å². The van der Waals surface area contributed by atoms with Crippen LogP contribution < -0.4 is 0 Å². The second-order valence-corrected chi connectivity index (χ2v) is 7.78. The highest BCUT2D eigenvalue weighted by Crippen LogP contribution is 2.12. The Bertz CT molecular complexity index is 424. The lowest BCUT2D eigenvalue weighted by Gasteiger charge is -2.06. The van der Waals surface area contributed by atoms with Crippen LogP contribution in [0.1, 0.15) is 24.0 Å². The number of aryl methyl sites for hydroxylation is 2. The van der Waals surface area contributed by atoms with E-state index in [1.54, 1.807) is 0 Å². The van der Waals surface area contributed by atoms with Crippen molar-refractivity contribution < 1.29 is 4.80 Å². The fourth-order valence-electron chi connectivity index (χ4n) is 2.50. The first-order valence-corrected chi connectivity index (χ1v) is 9.69. The highest BCUT2D eigenvalue weighted by molar-refractivity contribution is 6.49. The Hall–Kier alpha value is -1.38. The Morgan fingerprint density at radius 3 is 1.45 bits per heavy atom. The van der Waals surface area contributed by atoms with Gasteiger partial charge in [-0.15, -0.1) is 0 Å². The summed E-state index contributed by atoms with van der Waals surface area (Å²) in [6.07, 6.45) is 4.25. The molecule has 0 spiro atoms. The quantitative estimate of drug-likeness (QED) is 0.640. The van der Waals surface area contributed by atoms with E-state index >= 15 is 0 Å². The van der Waals surface area contributed by atoms with Crippen molar-refractivity contribution >= 4 is 9.04 Å². The van der Waals surface area contributed by atoms with Crippen molar-refractivity contribution in [3.63, 3.8) is 0 Å². The van der Waals surface area contributed by atoms with Gasteiger partial charge in [0.1, 0.15) is 0 Å². The Morgan fingerprint density at radius 1 is 0.650 bits per heavy atom. The van der Waals surface area contributed by atoms with Crippen molar-refractivity contribution in [2.75, 3.05) is 0 Å². The number of hydrogen-bond acceptors (Lipinski definition) is 0. The average Bonchev–Trinajstić information content (AvgIpc) is 2.49. The number of benzene rings is 2. The molecule has 0 atom stereocenters. The van der Waals surface area contributed by atoms with Crippen LogP contribution in [0.15, 0.2) is 60.7 Å². The summed E-state index contributed by atoms with van der Waals surface area (Å²) in [5.74, 6) is 0. The van der Waals surface area contributed by atoms with Crippen molar-refractivity contribution in [1.29, 1.82) is 0 Å². The standard InChI is InChI=1S/C18H23OSi/c19-20(15-7-13-17-9-3-1-4-10-17)16-8-14-18-11-5-2-6-12-18/h1-6,9-12,20H,7-8,13-16H2. The van der Waals surface area contributed by atoms with Crippen molar-refractivity contribution in [1.82, 2.24) is 0 Å². The van der Waals surface area contributed by atoms with E-state index in [0.29, 0.717) is 0 Å². The van der Waals surface area contributed by atoms with Gasteiger partial charge in [-0.25, -0.2) is 0 Å². The first kappa shape index (κ1) is 15.0. The van der Waals surface area contributed by atoms with Crippen molar-refractivity contribution in [2.24, 2.45) is 0 Å². The summed E-state index contributed by atoms with van der Waals surface area (Å²) < 4.78 is 0. The maximum absolute atomic E-state index is 12.0. The SMILES string of the molecule is [O][SiH](CCCc1ccccc1)CCCc1ccccc1. The zero-order valence-corrected chi connectivity index (χ0v) is 13.2. The zero-order chi connectivity index (χ0) is 14.0. The fourth-order valence-corrected chi connectivity index (χ4v) is 4.11. The van der Waals surface area contributed by atoms with Gasteiger partial charge in [0.15, 0.2) is 0 Å². The zero-order valence-electron chi connectivity index (χ0n) is 12.0. The smallest absolute Gasteiger partial charge is 0.222 e. The topological polar surface area (TPSA) is 19.9 Å². The van der Waals surface area contributed by atoms with Crippen LogP contribution in [0.5, 0.6) is 0 Å². The van der Waals surface area contributed by atoms with Crippen LogP contribution in [0.25, 0.3) is 0 Å². The van der Waals surface area contributed by atoms with Gasteiger partial charge in [-0.05, 0) is 48.9 Å². The molecule has 2 rings (SSSR count). The van der Waals surface area contributed by atoms with E-state index in [0.717, 1.165) is 37.8 Å². The van der Waals surface area contributed by atoms with Crippen LogP contribution in [0, 0.1) is 0 Å². The molecule has 2 aromatic carbocycles. The third kappa shape index (κ3) is 5.72. The Labute approximate surface area is 124 Å².